The summed E-state index contributed by atoms with van der Waals surface area (Å²) in [5, 5.41) is 7.63. The lowest BCUT2D eigenvalue weighted by Crippen LogP contribution is -2.41. The van der Waals surface area contributed by atoms with Crippen molar-refractivity contribution in [2.75, 3.05) is 39.9 Å². The van der Waals surface area contributed by atoms with Gasteiger partial charge in [0.2, 0.25) is 0 Å². The normalized spacial score (nSPS) is 19.3. The van der Waals surface area contributed by atoms with Gasteiger partial charge in [0.1, 0.15) is 0 Å². The molecule has 1 aromatic rings. The molecule has 0 radical (unpaired) electrons. The number of hydrogen-bond donors (Lipinski definition) is 1. The molecular formula is C16H30IN5O. The Labute approximate surface area is 156 Å². The van der Waals surface area contributed by atoms with Crippen LogP contribution in [-0.2, 0) is 11.3 Å². The van der Waals surface area contributed by atoms with Gasteiger partial charge < -0.3 is 15.0 Å². The average Bonchev–Trinajstić information content (AvgIpc) is 3.17. The molecule has 2 unspecified atom stereocenters. The zero-order chi connectivity index (χ0) is 15.8. The minimum atomic E-state index is 0. The summed E-state index contributed by atoms with van der Waals surface area (Å²) < 4.78 is 7.42. The first kappa shape index (κ1) is 20.2. The predicted octanol–water partition coefficient (Wildman–Crippen LogP) is 2.07. The standard InChI is InChI=1S/C16H29N5O.HI/c1-4-17-16(20(3)12-15-6-9-22-13-15)18-10-14(2)11-21-8-5-7-19-21;/h5,7-8,14-15H,4,6,9-13H2,1-3H3,(H,17,18);1H. The van der Waals surface area contributed by atoms with Gasteiger partial charge in [0.25, 0.3) is 0 Å². The van der Waals surface area contributed by atoms with Gasteiger partial charge in [-0.3, -0.25) is 9.67 Å². The molecule has 2 rings (SSSR count). The number of guanidine groups is 1. The molecule has 0 aliphatic carbocycles. The van der Waals surface area contributed by atoms with Crippen LogP contribution >= 0.6 is 24.0 Å². The van der Waals surface area contributed by atoms with Gasteiger partial charge in [-0.15, -0.1) is 24.0 Å². The molecule has 1 saturated heterocycles. The number of ether oxygens (including phenoxy) is 1. The highest BCUT2D eigenvalue weighted by Crippen LogP contribution is 2.13. The second-order valence-corrected chi connectivity index (χ2v) is 6.14. The Balaban J connectivity index is 0.00000264. The minimum Gasteiger partial charge on any atom is -0.381 e. The van der Waals surface area contributed by atoms with Crippen LogP contribution in [0.1, 0.15) is 20.3 Å². The van der Waals surface area contributed by atoms with Gasteiger partial charge in [-0.1, -0.05) is 6.92 Å². The van der Waals surface area contributed by atoms with E-state index < -0.39 is 0 Å². The Hall–Kier alpha value is -0.830. The van der Waals surface area contributed by atoms with Gasteiger partial charge in [-0.2, -0.15) is 5.10 Å². The van der Waals surface area contributed by atoms with Gasteiger partial charge in [0.15, 0.2) is 5.96 Å². The fourth-order valence-electron chi connectivity index (χ4n) is 2.70. The fourth-order valence-corrected chi connectivity index (χ4v) is 2.70. The fraction of sp³-hybridized carbons (Fsp3) is 0.750. The number of hydrogen-bond acceptors (Lipinski definition) is 3. The van der Waals surface area contributed by atoms with Crippen molar-refractivity contribution in [3.63, 3.8) is 0 Å². The summed E-state index contributed by atoms with van der Waals surface area (Å²) in [6, 6.07) is 1.96. The SMILES string of the molecule is CCNC(=NCC(C)Cn1cccn1)N(C)CC1CCOC1.I. The van der Waals surface area contributed by atoms with Crippen molar-refractivity contribution in [3.05, 3.63) is 18.5 Å². The molecule has 1 aliphatic rings. The van der Waals surface area contributed by atoms with E-state index >= 15 is 0 Å². The zero-order valence-electron chi connectivity index (χ0n) is 14.4. The number of aliphatic imine (C=N–C) groups is 1. The van der Waals surface area contributed by atoms with E-state index in [2.05, 4.69) is 36.2 Å². The Morgan fingerprint density at radius 1 is 1.57 bits per heavy atom. The van der Waals surface area contributed by atoms with Crippen LogP contribution in [0.25, 0.3) is 0 Å². The molecule has 0 saturated carbocycles. The first-order valence-corrected chi connectivity index (χ1v) is 8.23. The first-order chi connectivity index (χ1) is 10.7. The molecule has 0 amide bonds. The molecule has 0 aromatic carbocycles. The third-order valence-electron chi connectivity index (χ3n) is 3.86. The van der Waals surface area contributed by atoms with E-state index in [4.69, 9.17) is 9.73 Å². The Morgan fingerprint density at radius 3 is 3.00 bits per heavy atom. The summed E-state index contributed by atoms with van der Waals surface area (Å²) in [5.41, 5.74) is 0. The lowest BCUT2D eigenvalue weighted by Gasteiger charge is -2.25. The average molecular weight is 435 g/mol. The van der Waals surface area contributed by atoms with Crippen molar-refractivity contribution < 1.29 is 4.74 Å². The van der Waals surface area contributed by atoms with E-state index in [1.807, 2.05) is 23.1 Å². The van der Waals surface area contributed by atoms with E-state index in [0.29, 0.717) is 11.8 Å². The molecule has 23 heavy (non-hydrogen) atoms. The summed E-state index contributed by atoms with van der Waals surface area (Å²) in [7, 11) is 2.11. The molecule has 132 valence electrons. The van der Waals surface area contributed by atoms with Crippen LogP contribution in [0.4, 0.5) is 0 Å². The van der Waals surface area contributed by atoms with Crippen LogP contribution in [0.5, 0.6) is 0 Å². The zero-order valence-corrected chi connectivity index (χ0v) is 16.8. The van der Waals surface area contributed by atoms with Crippen molar-refractivity contribution in [1.82, 2.24) is 20.0 Å². The van der Waals surface area contributed by atoms with Gasteiger partial charge in [-0.25, -0.2) is 0 Å². The monoisotopic (exact) mass is 435 g/mol. The quantitative estimate of drug-likeness (QED) is 0.405. The van der Waals surface area contributed by atoms with Crippen LogP contribution in [0.3, 0.4) is 0 Å². The van der Waals surface area contributed by atoms with Crippen LogP contribution in [0, 0.1) is 11.8 Å². The maximum absolute atomic E-state index is 5.46. The van der Waals surface area contributed by atoms with E-state index in [1.165, 1.54) is 0 Å². The van der Waals surface area contributed by atoms with E-state index in [1.54, 1.807) is 0 Å². The molecule has 7 heteroatoms. The molecule has 2 atom stereocenters. The lowest BCUT2D eigenvalue weighted by atomic mass is 10.1. The van der Waals surface area contributed by atoms with Crippen molar-refractivity contribution in [3.8, 4) is 0 Å². The number of nitrogens with one attached hydrogen (secondary N) is 1. The van der Waals surface area contributed by atoms with E-state index in [0.717, 1.165) is 51.8 Å². The second kappa shape index (κ2) is 10.9. The van der Waals surface area contributed by atoms with Crippen LogP contribution < -0.4 is 5.32 Å². The van der Waals surface area contributed by atoms with Crippen molar-refractivity contribution in [2.45, 2.75) is 26.8 Å². The molecule has 1 aliphatic heterocycles. The van der Waals surface area contributed by atoms with Crippen LogP contribution in [0.15, 0.2) is 23.5 Å². The summed E-state index contributed by atoms with van der Waals surface area (Å²) in [6.45, 7) is 9.67. The van der Waals surface area contributed by atoms with Crippen LogP contribution in [0.2, 0.25) is 0 Å². The van der Waals surface area contributed by atoms with Crippen molar-refractivity contribution >= 4 is 29.9 Å². The molecule has 1 fully saturated rings. The molecule has 1 N–H and O–H groups in total. The largest absolute Gasteiger partial charge is 0.381 e. The maximum atomic E-state index is 5.46. The molecule has 6 nitrogen and oxygen atoms in total. The number of halogens is 1. The van der Waals surface area contributed by atoms with Crippen molar-refractivity contribution in [1.29, 1.82) is 0 Å². The molecule has 0 bridgehead atoms. The summed E-state index contributed by atoms with van der Waals surface area (Å²) in [5.74, 6) is 2.06. The Bertz CT molecular complexity index is 445. The molecular weight excluding hydrogens is 405 g/mol. The van der Waals surface area contributed by atoms with Gasteiger partial charge >= 0.3 is 0 Å². The number of rotatable bonds is 7. The molecule has 2 heterocycles. The smallest absolute Gasteiger partial charge is 0.193 e. The summed E-state index contributed by atoms with van der Waals surface area (Å²) in [6.07, 6.45) is 4.97. The number of aromatic nitrogens is 2. The Kier molecular flexibility index (Phi) is 9.54. The minimum absolute atomic E-state index is 0. The van der Waals surface area contributed by atoms with E-state index in [-0.39, 0.29) is 24.0 Å². The predicted molar refractivity (Wildman–Crippen MR) is 104 cm³/mol. The second-order valence-electron chi connectivity index (χ2n) is 6.14. The topological polar surface area (TPSA) is 54.7 Å². The van der Waals surface area contributed by atoms with Crippen molar-refractivity contribution in [2.24, 2.45) is 16.8 Å². The summed E-state index contributed by atoms with van der Waals surface area (Å²) >= 11 is 0. The third-order valence-corrected chi connectivity index (χ3v) is 3.86. The lowest BCUT2D eigenvalue weighted by molar-refractivity contribution is 0.181. The maximum Gasteiger partial charge on any atom is 0.193 e. The summed E-state index contributed by atoms with van der Waals surface area (Å²) in [4.78, 5) is 7.01. The number of nitrogens with zero attached hydrogens (tertiary/aromatic N) is 4. The van der Waals surface area contributed by atoms with Gasteiger partial charge in [0, 0.05) is 58.1 Å². The highest BCUT2D eigenvalue weighted by molar-refractivity contribution is 14.0. The van der Waals surface area contributed by atoms with Crippen LogP contribution in [-0.4, -0.2) is 60.5 Å². The van der Waals surface area contributed by atoms with E-state index in [9.17, 15) is 0 Å². The van der Waals surface area contributed by atoms with Gasteiger partial charge in [-0.05, 0) is 25.3 Å². The van der Waals surface area contributed by atoms with Gasteiger partial charge in [0.05, 0.1) is 6.61 Å². The third kappa shape index (κ3) is 7.07. The highest BCUT2D eigenvalue weighted by atomic mass is 127. The first-order valence-electron chi connectivity index (χ1n) is 8.23. The molecule has 0 spiro atoms. The Morgan fingerprint density at radius 2 is 2.39 bits per heavy atom. The highest BCUT2D eigenvalue weighted by Gasteiger charge is 2.19. The molecule has 1 aromatic heterocycles.